The number of carbonyl (C=O) groups is 1. The summed E-state index contributed by atoms with van der Waals surface area (Å²) in [7, 11) is 0. The van der Waals surface area contributed by atoms with Crippen LogP contribution >= 0.6 is 11.3 Å². The van der Waals surface area contributed by atoms with Crippen LogP contribution in [0.2, 0.25) is 0 Å². The number of ether oxygens (including phenoxy) is 1. The number of nitrogens with zero attached hydrogens (tertiary/aromatic N) is 4. The third-order valence-corrected chi connectivity index (χ3v) is 5.53. The molecule has 7 heteroatoms. The summed E-state index contributed by atoms with van der Waals surface area (Å²) in [6, 6.07) is 2.08. The first-order chi connectivity index (χ1) is 11.3. The van der Waals surface area contributed by atoms with Crippen molar-refractivity contribution in [1.82, 2.24) is 14.9 Å². The Morgan fingerprint density at radius 3 is 2.74 bits per heavy atom. The molecule has 0 radical (unpaired) electrons. The number of hydrogen-bond acceptors (Lipinski definition) is 6. The molecule has 0 bridgehead atoms. The van der Waals surface area contributed by atoms with E-state index in [2.05, 4.69) is 26.3 Å². The normalized spacial score (nSPS) is 20.2. The zero-order valence-electron chi connectivity index (χ0n) is 13.0. The number of anilines is 1. The first-order valence-electron chi connectivity index (χ1n) is 8.12. The van der Waals surface area contributed by atoms with Gasteiger partial charge in [-0.15, -0.1) is 11.3 Å². The second-order valence-corrected chi connectivity index (χ2v) is 6.93. The molecule has 6 nitrogen and oxygen atoms in total. The van der Waals surface area contributed by atoms with Crippen molar-refractivity contribution < 1.29 is 9.53 Å². The van der Waals surface area contributed by atoms with Gasteiger partial charge in [-0.2, -0.15) is 0 Å². The van der Waals surface area contributed by atoms with Crippen LogP contribution < -0.4 is 4.90 Å². The predicted octanol–water partition coefficient (Wildman–Crippen LogP) is 1.77. The van der Waals surface area contributed by atoms with Gasteiger partial charge in [0.15, 0.2) is 0 Å². The smallest absolute Gasteiger partial charge is 0.225 e. The minimum atomic E-state index is 0.143. The number of morpholine rings is 1. The average Bonchev–Trinajstić information content (AvgIpc) is 3.11. The fourth-order valence-corrected chi connectivity index (χ4v) is 4.14. The highest BCUT2D eigenvalue weighted by Crippen LogP contribution is 2.30. The molecule has 0 N–H and O–H groups in total. The summed E-state index contributed by atoms with van der Waals surface area (Å²) >= 11 is 1.64. The molecule has 2 aliphatic rings. The van der Waals surface area contributed by atoms with Gasteiger partial charge < -0.3 is 14.5 Å². The molecule has 0 saturated carbocycles. The van der Waals surface area contributed by atoms with Gasteiger partial charge in [-0.25, -0.2) is 9.97 Å². The van der Waals surface area contributed by atoms with E-state index in [4.69, 9.17) is 4.74 Å². The Morgan fingerprint density at radius 2 is 1.96 bits per heavy atom. The maximum Gasteiger partial charge on any atom is 0.225 e. The van der Waals surface area contributed by atoms with Crippen molar-refractivity contribution in [2.24, 2.45) is 5.92 Å². The Kier molecular flexibility index (Phi) is 4.13. The summed E-state index contributed by atoms with van der Waals surface area (Å²) in [5, 5.41) is 3.17. The molecule has 4 heterocycles. The maximum absolute atomic E-state index is 12.6. The monoisotopic (exact) mass is 332 g/mol. The van der Waals surface area contributed by atoms with Crippen molar-refractivity contribution in [3.05, 3.63) is 17.8 Å². The number of thiophene rings is 1. The van der Waals surface area contributed by atoms with Crippen LogP contribution in [0.25, 0.3) is 10.2 Å². The molecule has 1 amide bonds. The van der Waals surface area contributed by atoms with Crippen molar-refractivity contribution in [2.75, 3.05) is 44.3 Å². The fraction of sp³-hybridized carbons (Fsp3) is 0.562. The lowest BCUT2D eigenvalue weighted by molar-refractivity contribution is -0.140. The van der Waals surface area contributed by atoms with Gasteiger partial charge in [0, 0.05) is 32.1 Å². The minimum Gasteiger partial charge on any atom is -0.378 e. The molecule has 0 atom stereocenters. The lowest BCUT2D eigenvalue weighted by Crippen LogP contribution is -2.47. The second kappa shape index (κ2) is 6.41. The number of hydrogen-bond donors (Lipinski definition) is 0. The Morgan fingerprint density at radius 1 is 1.17 bits per heavy atom. The molecule has 2 fully saturated rings. The van der Waals surface area contributed by atoms with E-state index in [1.54, 1.807) is 17.7 Å². The van der Waals surface area contributed by atoms with Crippen LogP contribution in [0.3, 0.4) is 0 Å². The van der Waals surface area contributed by atoms with E-state index >= 15 is 0 Å². The number of amides is 1. The van der Waals surface area contributed by atoms with Gasteiger partial charge in [0.25, 0.3) is 0 Å². The van der Waals surface area contributed by atoms with Gasteiger partial charge in [-0.3, -0.25) is 4.79 Å². The summed E-state index contributed by atoms with van der Waals surface area (Å²) < 4.78 is 5.33. The molecule has 2 aromatic heterocycles. The molecular formula is C16H20N4O2S. The first-order valence-corrected chi connectivity index (χ1v) is 9.00. The SMILES string of the molecule is O=C(C1CCN(c2ncnc3sccc23)CC1)N1CCOCC1. The zero-order valence-corrected chi connectivity index (χ0v) is 13.8. The van der Waals surface area contributed by atoms with Crippen LogP contribution in [-0.4, -0.2) is 60.2 Å². The van der Waals surface area contributed by atoms with Crippen molar-refractivity contribution >= 4 is 33.3 Å². The van der Waals surface area contributed by atoms with Crippen LogP contribution in [0.4, 0.5) is 5.82 Å². The lowest BCUT2D eigenvalue weighted by Gasteiger charge is -2.36. The van der Waals surface area contributed by atoms with Crippen LogP contribution in [0.15, 0.2) is 17.8 Å². The Balaban J connectivity index is 1.42. The Hall–Kier alpha value is -1.73. The predicted molar refractivity (Wildman–Crippen MR) is 89.8 cm³/mol. The number of fused-ring (bicyclic) bond motifs is 1. The fourth-order valence-electron chi connectivity index (χ4n) is 3.41. The van der Waals surface area contributed by atoms with Crippen LogP contribution in [0.5, 0.6) is 0 Å². The summed E-state index contributed by atoms with van der Waals surface area (Å²) in [4.78, 5) is 26.7. The first kappa shape index (κ1) is 14.8. The summed E-state index contributed by atoms with van der Waals surface area (Å²) in [5.74, 6) is 1.45. The summed E-state index contributed by atoms with van der Waals surface area (Å²) in [5.41, 5.74) is 0. The quantitative estimate of drug-likeness (QED) is 0.839. The number of carbonyl (C=O) groups excluding carboxylic acids is 1. The molecule has 0 aromatic carbocycles. The van der Waals surface area contributed by atoms with Gasteiger partial charge in [0.05, 0.1) is 18.6 Å². The number of aromatic nitrogens is 2. The van der Waals surface area contributed by atoms with Crippen molar-refractivity contribution in [3.63, 3.8) is 0 Å². The molecule has 2 aromatic rings. The van der Waals surface area contributed by atoms with Crippen LogP contribution in [0.1, 0.15) is 12.8 Å². The summed E-state index contributed by atoms with van der Waals surface area (Å²) in [6.07, 6.45) is 3.43. The third kappa shape index (κ3) is 2.90. The molecule has 2 saturated heterocycles. The Bertz CT molecular complexity index is 690. The topological polar surface area (TPSA) is 58.6 Å². The van der Waals surface area contributed by atoms with Crippen molar-refractivity contribution in [3.8, 4) is 0 Å². The molecule has 23 heavy (non-hydrogen) atoms. The lowest BCUT2D eigenvalue weighted by atomic mass is 9.95. The van der Waals surface area contributed by atoms with E-state index in [0.29, 0.717) is 19.1 Å². The van der Waals surface area contributed by atoms with E-state index in [1.807, 2.05) is 4.90 Å². The van der Waals surface area contributed by atoms with E-state index in [1.165, 1.54) is 0 Å². The maximum atomic E-state index is 12.6. The minimum absolute atomic E-state index is 0.143. The van der Waals surface area contributed by atoms with Crippen molar-refractivity contribution in [1.29, 1.82) is 0 Å². The van der Waals surface area contributed by atoms with Crippen LogP contribution in [-0.2, 0) is 9.53 Å². The van der Waals surface area contributed by atoms with Gasteiger partial charge in [0.2, 0.25) is 5.91 Å². The molecule has 2 aliphatic heterocycles. The zero-order chi connectivity index (χ0) is 15.6. The highest BCUT2D eigenvalue weighted by molar-refractivity contribution is 7.16. The van der Waals surface area contributed by atoms with Gasteiger partial charge in [0.1, 0.15) is 17.0 Å². The molecular weight excluding hydrogens is 312 g/mol. The van der Waals surface area contributed by atoms with E-state index < -0.39 is 0 Å². The van der Waals surface area contributed by atoms with Crippen LogP contribution in [0, 0.1) is 5.92 Å². The molecule has 0 spiro atoms. The van der Waals surface area contributed by atoms with Gasteiger partial charge in [-0.1, -0.05) is 0 Å². The van der Waals surface area contributed by atoms with E-state index in [0.717, 1.165) is 55.1 Å². The standard InChI is InChI=1S/C16H20N4O2S/c21-16(20-6-8-22-9-7-20)12-1-4-19(5-2-12)14-13-3-10-23-15(13)18-11-17-14/h3,10-12H,1-2,4-9H2. The number of piperidine rings is 1. The molecule has 0 aliphatic carbocycles. The van der Waals surface area contributed by atoms with Gasteiger partial charge in [-0.05, 0) is 24.3 Å². The molecule has 0 unspecified atom stereocenters. The van der Waals surface area contributed by atoms with Gasteiger partial charge >= 0.3 is 0 Å². The van der Waals surface area contributed by atoms with Crippen molar-refractivity contribution in [2.45, 2.75) is 12.8 Å². The summed E-state index contributed by atoms with van der Waals surface area (Å²) in [6.45, 7) is 4.57. The van der Waals surface area contributed by atoms with E-state index in [9.17, 15) is 4.79 Å². The third-order valence-electron chi connectivity index (χ3n) is 4.71. The average molecular weight is 332 g/mol. The highest BCUT2D eigenvalue weighted by atomic mass is 32.1. The highest BCUT2D eigenvalue weighted by Gasteiger charge is 2.30. The second-order valence-electron chi connectivity index (χ2n) is 6.04. The molecule has 122 valence electrons. The van der Waals surface area contributed by atoms with E-state index in [-0.39, 0.29) is 5.92 Å². The Labute approximate surface area is 139 Å². The largest absolute Gasteiger partial charge is 0.378 e. The molecule has 4 rings (SSSR count). The number of rotatable bonds is 2.